The predicted molar refractivity (Wildman–Crippen MR) is 72.0 cm³/mol. The first-order chi connectivity index (χ1) is 8.81. The molecule has 0 radical (unpaired) electrons. The summed E-state index contributed by atoms with van der Waals surface area (Å²) in [4.78, 5) is 13.3. The summed E-state index contributed by atoms with van der Waals surface area (Å²) in [6.45, 7) is 4.24. The number of benzene rings is 1. The van der Waals surface area contributed by atoms with Gasteiger partial charge in [-0.1, -0.05) is 25.0 Å². The Balaban J connectivity index is 2.01. The second-order valence-corrected chi connectivity index (χ2v) is 4.82. The fourth-order valence-electron chi connectivity index (χ4n) is 2.40. The Bertz CT molecular complexity index is 384. The van der Waals surface area contributed by atoms with Gasteiger partial charge >= 0.3 is 0 Å². The lowest BCUT2D eigenvalue weighted by Crippen LogP contribution is -2.38. The maximum atomic E-state index is 10.9. The zero-order chi connectivity index (χ0) is 12.8. The van der Waals surface area contributed by atoms with Crippen molar-refractivity contribution in [3.8, 4) is 5.75 Å². The van der Waals surface area contributed by atoms with Crippen molar-refractivity contribution in [2.24, 2.45) is 0 Å². The minimum Gasteiger partial charge on any atom is -0.475 e. The van der Waals surface area contributed by atoms with Crippen molar-refractivity contribution in [2.45, 2.75) is 38.8 Å². The van der Waals surface area contributed by atoms with E-state index in [0.29, 0.717) is 11.3 Å². The summed E-state index contributed by atoms with van der Waals surface area (Å²) in [7, 11) is 0. The smallest absolute Gasteiger partial charge is 0.153 e. The van der Waals surface area contributed by atoms with E-state index in [1.165, 1.54) is 25.7 Å². The fourth-order valence-corrected chi connectivity index (χ4v) is 2.40. The van der Waals surface area contributed by atoms with Crippen LogP contribution in [0.1, 0.15) is 43.0 Å². The number of para-hydroxylation sites is 1. The van der Waals surface area contributed by atoms with Crippen LogP contribution in [-0.4, -0.2) is 30.5 Å². The lowest BCUT2D eigenvalue weighted by Gasteiger charge is -2.28. The Morgan fingerprint density at radius 2 is 1.83 bits per heavy atom. The van der Waals surface area contributed by atoms with Crippen LogP contribution < -0.4 is 4.74 Å². The van der Waals surface area contributed by atoms with Crippen LogP contribution >= 0.6 is 0 Å². The fraction of sp³-hybridized carbons (Fsp3) is 0.533. The van der Waals surface area contributed by atoms with E-state index in [0.717, 1.165) is 19.4 Å². The summed E-state index contributed by atoms with van der Waals surface area (Å²) in [5.41, 5.74) is 0.624. The Hall–Kier alpha value is -1.35. The maximum absolute atomic E-state index is 10.9. The summed E-state index contributed by atoms with van der Waals surface area (Å²) in [5.74, 6) is 0.684. The van der Waals surface area contributed by atoms with Gasteiger partial charge in [0.05, 0.1) is 5.56 Å². The van der Waals surface area contributed by atoms with E-state index in [1.807, 2.05) is 18.2 Å². The molecule has 0 aromatic heterocycles. The number of rotatable bonds is 4. The molecule has 0 spiro atoms. The number of nitrogens with zero attached hydrogens (tertiary/aromatic N) is 1. The van der Waals surface area contributed by atoms with Gasteiger partial charge in [0.1, 0.15) is 12.0 Å². The monoisotopic (exact) mass is 247 g/mol. The van der Waals surface area contributed by atoms with Crippen LogP contribution in [0.4, 0.5) is 0 Å². The Kier molecular flexibility index (Phi) is 4.76. The SMILES string of the molecule is CC(Oc1ccccc1C=O)N1CCCCCC1. The average Bonchev–Trinajstić information content (AvgIpc) is 2.68. The van der Waals surface area contributed by atoms with Crippen molar-refractivity contribution in [3.05, 3.63) is 29.8 Å². The molecule has 0 aliphatic carbocycles. The molecule has 2 rings (SSSR count). The van der Waals surface area contributed by atoms with E-state index >= 15 is 0 Å². The molecule has 1 aromatic carbocycles. The van der Waals surface area contributed by atoms with Gasteiger partial charge in [0, 0.05) is 13.1 Å². The van der Waals surface area contributed by atoms with Gasteiger partial charge in [-0.05, 0) is 31.9 Å². The highest BCUT2D eigenvalue weighted by Crippen LogP contribution is 2.20. The molecule has 1 saturated heterocycles. The number of aldehydes is 1. The van der Waals surface area contributed by atoms with Gasteiger partial charge < -0.3 is 4.74 Å². The van der Waals surface area contributed by atoms with Crippen LogP contribution in [0.5, 0.6) is 5.75 Å². The molecule has 1 aliphatic heterocycles. The van der Waals surface area contributed by atoms with Crippen molar-refractivity contribution in [2.75, 3.05) is 13.1 Å². The van der Waals surface area contributed by atoms with Crippen molar-refractivity contribution in [3.63, 3.8) is 0 Å². The third kappa shape index (κ3) is 3.33. The van der Waals surface area contributed by atoms with Crippen LogP contribution in [0, 0.1) is 0 Å². The first kappa shape index (κ1) is 13.1. The van der Waals surface area contributed by atoms with Crippen LogP contribution in [0.3, 0.4) is 0 Å². The lowest BCUT2D eigenvalue weighted by atomic mass is 10.2. The van der Waals surface area contributed by atoms with Crippen LogP contribution in [0.2, 0.25) is 0 Å². The average molecular weight is 247 g/mol. The highest BCUT2D eigenvalue weighted by atomic mass is 16.5. The molecule has 18 heavy (non-hydrogen) atoms. The molecular formula is C15H21NO2. The number of ether oxygens (including phenoxy) is 1. The van der Waals surface area contributed by atoms with Gasteiger partial charge in [-0.3, -0.25) is 9.69 Å². The first-order valence-corrected chi connectivity index (χ1v) is 6.76. The minimum atomic E-state index is 0.0317. The second kappa shape index (κ2) is 6.55. The molecule has 0 amide bonds. The summed E-state index contributed by atoms with van der Waals surface area (Å²) >= 11 is 0. The van der Waals surface area contributed by atoms with Gasteiger partial charge in [0.15, 0.2) is 6.29 Å². The van der Waals surface area contributed by atoms with E-state index in [9.17, 15) is 4.79 Å². The van der Waals surface area contributed by atoms with E-state index in [-0.39, 0.29) is 6.23 Å². The van der Waals surface area contributed by atoms with Crippen LogP contribution in [-0.2, 0) is 0 Å². The molecule has 3 heteroatoms. The van der Waals surface area contributed by atoms with E-state index in [2.05, 4.69) is 11.8 Å². The third-order valence-electron chi connectivity index (χ3n) is 3.50. The molecule has 1 aromatic rings. The third-order valence-corrected chi connectivity index (χ3v) is 3.50. The predicted octanol–water partition coefficient (Wildman–Crippen LogP) is 3.10. The zero-order valence-electron chi connectivity index (χ0n) is 11.0. The zero-order valence-corrected chi connectivity index (χ0v) is 11.0. The molecule has 1 fully saturated rings. The summed E-state index contributed by atoms with van der Waals surface area (Å²) in [6, 6.07) is 7.40. The molecule has 1 atom stereocenters. The number of carbonyl (C=O) groups excluding carboxylic acids is 1. The van der Waals surface area contributed by atoms with Gasteiger partial charge in [0.2, 0.25) is 0 Å². The molecule has 0 saturated carbocycles. The summed E-state index contributed by atoms with van der Waals surface area (Å²) in [5, 5.41) is 0. The molecule has 1 aliphatic rings. The van der Waals surface area contributed by atoms with Crippen LogP contribution in [0.25, 0.3) is 0 Å². The molecule has 98 valence electrons. The van der Waals surface area contributed by atoms with Crippen molar-refractivity contribution < 1.29 is 9.53 Å². The molecule has 0 bridgehead atoms. The maximum Gasteiger partial charge on any atom is 0.153 e. The topological polar surface area (TPSA) is 29.5 Å². The highest BCUT2D eigenvalue weighted by molar-refractivity contribution is 5.79. The number of hydrogen-bond donors (Lipinski definition) is 0. The summed E-state index contributed by atoms with van der Waals surface area (Å²) < 4.78 is 5.93. The van der Waals surface area contributed by atoms with Gasteiger partial charge in [-0.15, -0.1) is 0 Å². The highest BCUT2D eigenvalue weighted by Gasteiger charge is 2.17. The van der Waals surface area contributed by atoms with E-state index in [1.54, 1.807) is 6.07 Å². The van der Waals surface area contributed by atoms with Crippen molar-refractivity contribution in [1.82, 2.24) is 4.90 Å². The Morgan fingerprint density at radius 1 is 1.17 bits per heavy atom. The van der Waals surface area contributed by atoms with Gasteiger partial charge in [-0.2, -0.15) is 0 Å². The molecule has 3 nitrogen and oxygen atoms in total. The molecule has 1 heterocycles. The Morgan fingerprint density at radius 3 is 2.50 bits per heavy atom. The Labute approximate surface area is 109 Å². The number of carbonyl (C=O) groups is 1. The van der Waals surface area contributed by atoms with Crippen LogP contribution in [0.15, 0.2) is 24.3 Å². The second-order valence-electron chi connectivity index (χ2n) is 4.82. The molecular weight excluding hydrogens is 226 g/mol. The van der Waals surface area contributed by atoms with Crippen molar-refractivity contribution in [1.29, 1.82) is 0 Å². The van der Waals surface area contributed by atoms with E-state index < -0.39 is 0 Å². The quantitative estimate of drug-likeness (QED) is 0.766. The minimum absolute atomic E-state index is 0.0317. The lowest BCUT2D eigenvalue weighted by molar-refractivity contribution is 0.0419. The number of likely N-dealkylation sites (tertiary alicyclic amines) is 1. The first-order valence-electron chi connectivity index (χ1n) is 6.76. The van der Waals surface area contributed by atoms with Crippen molar-refractivity contribution >= 4 is 6.29 Å². The normalized spacial score (nSPS) is 18.9. The van der Waals surface area contributed by atoms with E-state index in [4.69, 9.17) is 4.74 Å². The van der Waals surface area contributed by atoms with Gasteiger partial charge in [-0.25, -0.2) is 0 Å². The molecule has 0 N–H and O–H groups in total. The standard InChI is InChI=1S/C15H21NO2/c1-13(16-10-6-2-3-7-11-16)18-15-9-5-4-8-14(15)12-17/h4-5,8-9,12-13H,2-3,6-7,10-11H2,1H3. The number of hydrogen-bond acceptors (Lipinski definition) is 3. The van der Waals surface area contributed by atoms with Gasteiger partial charge in [0.25, 0.3) is 0 Å². The largest absolute Gasteiger partial charge is 0.475 e. The summed E-state index contributed by atoms with van der Waals surface area (Å²) in [6.07, 6.45) is 5.99. The molecule has 1 unspecified atom stereocenters.